The van der Waals surface area contributed by atoms with Crippen molar-refractivity contribution < 1.29 is 27.1 Å². The van der Waals surface area contributed by atoms with Gasteiger partial charge in [-0.25, -0.2) is 12.8 Å². The van der Waals surface area contributed by atoms with E-state index in [-0.39, 0.29) is 23.0 Å². The summed E-state index contributed by atoms with van der Waals surface area (Å²) in [5.41, 5.74) is 0.796. The van der Waals surface area contributed by atoms with Crippen molar-refractivity contribution in [2.24, 2.45) is 0 Å². The molecule has 3 rings (SSSR count). The van der Waals surface area contributed by atoms with Gasteiger partial charge in [-0.1, -0.05) is 30.7 Å². The average Bonchev–Trinajstić information content (AvgIpc) is 2.94. The summed E-state index contributed by atoms with van der Waals surface area (Å²) in [6.07, 6.45) is 0.703. The second kappa shape index (κ2) is 13.4. The van der Waals surface area contributed by atoms with Crippen LogP contribution in [0.2, 0.25) is 5.02 Å². The minimum absolute atomic E-state index is 0.0309. The molecule has 0 spiro atoms. The number of carbonyl (C=O) groups is 2. The van der Waals surface area contributed by atoms with Crippen molar-refractivity contribution in [3.8, 4) is 5.75 Å². The Balaban J connectivity index is 2.00. The highest BCUT2D eigenvalue weighted by atomic mass is 35.5. The van der Waals surface area contributed by atoms with Crippen LogP contribution in [0.4, 0.5) is 10.1 Å². The number of sulfonamides is 1. The zero-order chi connectivity index (χ0) is 28.6. The molecule has 0 aliphatic rings. The van der Waals surface area contributed by atoms with Gasteiger partial charge >= 0.3 is 0 Å². The summed E-state index contributed by atoms with van der Waals surface area (Å²) in [7, 11) is -2.75. The fourth-order valence-electron chi connectivity index (χ4n) is 3.78. The van der Waals surface area contributed by atoms with Gasteiger partial charge in [-0.3, -0.25) is 13.9 Å². The fraction of sp³-hybridized carbons (Fsp3) is 0.286. The van der Waals surface area contributed by atoms with Crippen LogP contribution in [0, 0.1) is 5.82 Å². The van der Waals surface area contributed by atoms with E-state index < -0.39 is 34.3 Å². The first kappa shape index (κ1) is 29.9. The molecule has 0 aromatic heterocycles. The topological polar surface area (TPSA) is 96.0 Å². The van der Waals surface area contributed by atoms with E-state index in [4.69, 9.17) is 16.3 Å². The largest absolute Gasteiger partial charge is 0.497 e. The number of hydrogen-bond acceptors (Lipinski definition) is 5. The molecular weight excluding hydrogens is 545 g/mol. The van der Waals surface area contributed by atoms with Gasteiger partial charge in [0.25, 0.3) is 10.0 Å². The van der Waals surface area contributed by atoms with Crippen molar-refractivity contribution in [3.63, 3.8) is 0 Å². The number of carbonyl (C=O) groups excluding carboxylic acids is 2. The first-order chi connectivity index (χ1) is 18.6. The lowest BCUT2D eigenvalue weighted by Crippen LogP contribution is -2.51. The molecule has 0 aliphatic heterocycles. The van der Waals surface area contributed by atoms with Crippen LogP contribution in [0.25, 0.3) is 0 Å². The van der Waals surface area contributed by atoms with E-state index in [1.807, 2.05) is 6.92 Å². The van der Waals surface area contributed by atoms with Crippen LogP contribution in [0.3, 0.4) is 0 Å². The molecule has 1 unspecified atom stereocenters. The summed E-state index contributed by atoms with van der Waals surface area (Å²) in [6.45, 7) is 3.27. The summed E-state index contributed by atoms with van der Waals surface area (Å²) in [6, 6.07) is 16.4. The summed E-state index contributed by atoms with van der Waals surface area (Å²) in [5.74, 6) is -0.973. The van der Waals surface area contributed by atoms with Gasteiger partial charge in [0.1, 0.15) is 24.2 Å². The third-order valence-corrected chi connectivity index (χ3v) is 8.06. The third kappa shape index (κ3) is 7.70. The molecule has 0 radical (unpaired) electrons. The molecule has 0 heterocycles. The van der Waals surface area contributed by atoms with Crippen LogP contribution < -0.4 is 14.4 Å². The molecule has 0 bridgehead atoms. The molecule has 8 nitrogen and oxygen atoms in total. The Bertz CT molecular complexity index is 1370. The summed E-state index contributed by atoms with van der Waals surface area (Å²) < 4.78 is 47.2. The Morgan fingerprint density at radius 2 is 1.62 bits per heavy atom. The lowest BCUT2D eigenvalue weighted by atomic mass is 10.1. The minimum atomic E-state index is -4.22. The van der Waals surface area contributed by atoms with Crippen LogP contribution in [0.15, 0.2) is 77.7 Å². The molecule has 2 amide bonds. The molecule has 3 aromatic rings. The molecule has 1 N–H and O–H groups in total. The maximum atomic E-state index is 13.8. The zero-order valence-electron chi connectivity index (χ0n) is 21.9. The van der Waals surface area contributed by atoms with Crippen molar-refractivity contribution >= 4 is 39.1 Å². The van der Waals surface area contributed by atoms with Gasteiger partial charge in [-0.05, 0) is 79.6 Å². The Morgan fingerprint density at radius 1 is 1.00 bits per heavy atom. The normalized spacial score (nSPS) is 11.9. The van der Waals surface area contributed by atoms with E-state index in [0.29, 0.717) is 29.3 Å². The second-order valence-electron chi connectivity index (χ2n) is 8.78. The van der Waals surface area contributed by atoms with E-state index in [1.54, 1.807) is 6.92 Å². The first-order valence-corrected chi connectivity index (χ1v) is 14.1. The average molecular weight is 576 g/mol. The summed E-state index contributed by atoms with van der Waals surface area (Å²) >= 11 is 6.03. The zero-order valence-corrected chi connectivity index (χ0v) is 23.5. The number of rotatable bonds is 12. The highest BCUT2D eigenvalue weighted by Crippen LogP contribution is 2.27. The highest BCUT2D eigenvalue weighted by molar-refractivity contribution is 7.92. The van der Waals surface area contributed by atoms with E-state index in [1.165, 1.54) is 84.8 Å². The smallest absolute Gasteiger partial charge is 0.264 e. The van der Waals surface area contributed by atoms with Gasteiger partial charge in [0, 0.05) is 18.1 Å². The lowest BCUT2D eigenvalue weighted by molar-refractivity contribution is -0.139. The van der Waals surface area contributed by atoms with Crippen LogP contribution >= 0.6 is 11.6 Å². The number of halogens is 2. The van der Waals surface area contributed by atoms with E-state index >= 15 is 0 Å². The van der Waals surface area contributed by atoms with Gasteiger partial charge < -0.3 is 15.0 Å². The lowest BCUT2D eigenvalue weighted by Gasteiger charge is -2.32. The van der Waals surface area contributed by atoms with Crippen molar-refractivity contribution in [1.29, 1.82) is 0 Å². The SMILES string of the molecule is CCCNC(=O)C(C)N(Cc1ccc(F)cc1)C(=O)CN(c1ccc(Cl)cc1)S(=O)(=O)c1ccc(OC)cc1. The number of benzene rings is 3. The van der Waals surface area contributed by atoms with E-state index in [2.05, 4.69) is 5.32 Å². The second-order valence-corrected chi connectivity index (χ2v) is 11.1. The van der Waals surface area contributed by atoms with Crippen LogP contribution in [-0.2, 0) is 26.2 Å². The number of anilines is 1. The molecule has 0 saturated carbocycles. The first-order valence-electron chi connectivity index (χ1n) is 12.3. The molecule has 208 valence electrons. The Hall–Kier alpha value is -3.63. The van der Waals surface area contributed by atoms with E-state index in [0.717, 1.165) is 4.31 Å². The highest BCUT2D eigenvalue weighted by Gasteiger charge is 2.32. The molecule has 0 fully saturated rings. The van der Waals surface area contributed by atoms with Gasteiger partial charge in [-0.2, -0.15) is 0 Å². The fourth-order valence-corrected chi connectivity index (χ4v) is 5.32. The van der Waals surface area contributed by atoms with Crippen molar-refractivity contribution in [1.82, 2.24) is 10.2 Å². The number of ether oxygens (including phenoxy) is 1. The summed E-state index contributed by atoms with van der Waals surface area (Å²) in [4.78, 5) is 27.9. The number of amides is 2. The van der Waals surface area contributed by atoms with Gasteiger partial charge in [0.05, 0.1) is 17.7 Å². The van der Waals surface area contributed by atoms with Crippen molar-refractivity contribution in [2.75, 3.05) is 24.5 Å². The predicted molar refractivity (Wildman–Crippen MR) is 149 cm³/mol. The van der Waals surface area contributed by atoms with Gasteiger partial charge in [0.15, 0.2) is 0 Å². The number of nitrogens with one attached hydrogen (secondary N) is 1. The molecule has 3 aromatic carbocycles. The molecule has 39 heavy (non-hydrogen) atoms. The maximum absolute atomic E-state index is 13.8. The van der Waals surface area contributed by atoms with E-state index in [9.17, 15) is 22.4 Å². The number of methoxy groups -OCH3 is 1. The molecular formula is C28H31ClFN3O5S. The van der Waals surface area contributed by atoms with Gasteiger partial charge in [0.2, 0.25) is 11.8 Å². The predicted octanol–water partition coefficient (Wildman–Crippen LogP) is 4.63. The van der Waals surface area contributed by atoms with Crippen LogP contribution in [-0.4, -0.2) is 51.4 Å². The standard InChI is InChI=1S/C28H31ClFN3O5S/c1-4-17-31-28(35)20(2)32(18-21-5-9-23(30)10-6-21)27(34)19-33(24-11-7-22(29)8-12-24)39(36,37)26-15-13-25(38-3)14-16-26/h5-16,20H,4,17-19H2,1-3H3,(H,31,35). The number of nitrogens with zero attached hydrogens (tertiary/aromatic N) is 2. The Kier molecular flexibility index (Phi) is 10.3. The Morgan fingerprint density at radius 3 is 2.18 bits per heavy atom. The molecule has 11 heteroatoms. The molecule has 0 saturated heterocycles. The quantitative estimate of drug-likeness (QED) is 0.340. The Labute approximate surface area is 233 Å². The molecule has 1 atom stereocenters. The maximum Gasteiger partial charge on any atom is 0.264 e. The minimum Gasteiger partial charge on any atom is -0.497 e. The number of hydrogen-bond donors (Lipinski definition) is 1. The third-order valence-electron chi connectivity index (χ3n) is 6.02. The van der Waals surface area contributed by atoms with Crippen LogP contribution in [0.1, 0.15) is 25.8 Å². The van der Waals surface area contributed by atoms with Crippen molar-refractivity contribution in [3.05, 3.63) is 89.2 Å². The van der Waals surface area contributed by atoms with Gasteiger partial charge in [-0.15, -0.1) is 0 Å². The molecule has 0 aliphatic carbocycles. The van der Waals surface area contributed by atoms with Crippen LogP contribution in [0.5, 0.6) is 5.75 Å². The monoisotopic (exact) mass is 575 g/mol. The van der Waals surface area contributed by atoms with Crippen molar-refractivity contribution in [2.45, 2.75) is 37.8 Å². The summed E-state index contributed by atoms with van der Waals surface area (Å²) in [5, 5.41) is 3.16.